The van der Waals surface area contributed by atoms with Crippen LogP contribution < -0.4 is 4.74 Å². The van der Waals surface area contributed by atoms with Crippen LogP contribution in [-0.4, -0.2) is 7.11 Å². The van der Waals surface area contributed by atoms with E-state index in [1.807, 2.05) is 6.07 Å². The maximum atomic E-state index is 13.4. The number of methoxy groups -OCH3 is 1. The number of halogens is 1. The van der Waals surface area contributed by atoms with Crippen LogP contribution in [0, 0.1) is 17.1 Å². The van der Waals surface area contributed by atoms with E-state index in [0.29, 0.717) is 16.9 Å². The molecule has 0 spiro atoms. The molecule has 0 radical (unpaired) electrons. The third kappa shape index (κ3) is 1.91. The highest BCUT2D eigenvalue weighted by Crippen LogP contribution is 2.27. The Hall–Kier alpha value is -1.82. The van der Waals surface area contributed by atoms with Gasteiger partial charge in [0.1, 0.15) is 11.6 Å². The molecule has 0 unspecified atom stereocenters. The first kappa shape index (κ1) is 10.3. The first-order valence-electron chi connectivity index (χ1n) is 4.10. The molecule has 1 aromatic carbocycles. The van der Waals surface area contributed by atoms with E-state index >= 15 is 0 Å². The van der Waals surface area contributed by atoms with E-state index in [9.17, 15) is 4.39 Å². The van der Waals surface area contributed by atoms with Crippen molar-refractivity contribution in [1.29, 1.82) is 5.26 Å². The second-order valence-electron chi connectivity index (χ2n) is 2.77. The van der Waals surface area contributed by atoms with Crippen molar-refractivity contribution >= 4 is 5.57 Å². The van der Waals surface area contributed by atoms with Gasteiger partial charge >= 0.3 is 0 Å². The molecule has 14 heavy (non-hydrogen) atoms. The molecule has 0 amide bonds. The minimum atomic E-state index is -0.381. The van der Waals surface area contributed by atoms with Gasteiger partial charge in [-0.2, -0.15) is 5.26 Å². The molecule has 1 aromatic rings. The summed E-state index contributed by atoms with van der Waals surface area (Å²) in [6, 6.07) is 6.43. The Morgan fingerprint density at radius 3 is 2.86 bits per heavy atom. The summed E-state index contributed by atoms with van der Waals surface area (Å²) >= 11 is 0. The summed E-state index contributed by atoms with van der Waals surface area (Å²) in [6.07, 6.45) is 1.29. The monoisotopic (exact) mass is 191 g/mol. The van der Waals surface area contributed by atoms with E-state index < -0.39 is 0 Å². The van der Waals surface area contributed by atoms with Gasteiger partial charge in [0.2, 0.25) is 0 Å². The van der Waals surface area contributed by atoms with Crippen LogP contribution in [0.1, 0.15) is 12.5 Å². The molecule has 0 heterocycles. The number of hydrogen-bond donors (Lipinski definition) is 0. The van der Waals surface area contributed by atoms with E-state index in [2.05, 4.69) is 0 Å². The van der Waals surface area contributed by atoms with Crippen molar-refractivity contribution in [2.24, 2.45) is 0 Å². The van der Waals surface area contributed by atoms with Crippen molar-refractivity contribution in [3.8, 4) is 11.8 Å². The van der Waals surface area contributed by atoms with E-state index in [0.717, 1.165) is 0 Å². The normalized spacial score (nSPS) is 10.9. The van der Waals surface area contributed by atoms with Crippen LogP contribution in [0.25, 0.3) is 5.57 Å². The fraction of sp³-hybridized carbons (Fsp3) is 0.182. The smallest absolute Gasteiger partial charge is 0.134 e. The topological polar surface area (TPSA) is 33.0 Å². The lowest BCUT2D eigenvalue weighted by atomic mass is 10.1. The first-order valence-corrected chi connectivity index (χ1v) is 4.10. The molecule has 0 bridgehead atoms. The van der Waals surface area contributed by atoms with Gasteiger partial charge in [0.25, 0.3) is 0 Å². The summed E-state index contributed by atoms with van der Waals surface area (Å²) < 4.78 is 18.4. The van der Waals surface area contributed by atoms with Crippen LogP contribution in [0.4, 0.5) is 4.39 Å². The maximum absolute atomic E-state index is 13.4. The molecule has 0 saturated heterocycles. The molecule has 0 aliphatic carbocycles. The number of rotatable bonds is 2. The van der Waals surface area contributed by atoms with E-state index in [4.69, 9.17) is 10.00 Å². The summed E-state index contributed by atoms with van der Waals surface area (Å²) in [6.45, 7) is 1.67. The Labute approximate surface area is 82.2 Å². The SMILES string of the molecule is COc1cccc(F)c1/C(C)=C/C#N. The Morgan fingerprint density at radius 2 is 2.29 bits per heavy atom. The summed E-state index contributed by atoms with van der Waals surface area (Å²) in [7, 11) is 1.47. The standard InChI is InChI=1S/C11H10FNO/c1-8(6-7-13)11-9(12)4-3-5-10(11)14-2/h3-6H,1-2H3/b8-6+. The predicted molar refractivity (Wildman–Crippen MR) is 52.2 cm³/mol. The summed E-state index contributed by atoms with van der Waals surface area (Å²) in [5, 5.41) is 8.46. The molecule has 0 aromatic heterocycles. The van der Waals surface area contributed by atoms with Gasteiger partial charge in [0.05, 0.1) is 18.7 Å². The minimum Gasteiger partial charge on any atom is -0.496 e. The van der Waals surface area contributed by atoms with Crippen molar-refractivity contribution in [2.75, 3.05) is 7.11 Å². The fourth-order valence-electron chi connectivity index (χ4n) is 1.23. The summed E-state index contributed by atoms with van der Waals surface area (Å²) in [4.78, 5) is 0. The quantitative estimate of drug-likeness (QED) is 0.673. The van der Waals surface area contributed by atoms with Crippen molar-refractivity contribution in [2.45, 2.75) is 6.92 Å². The van der Waals surface area contributed by atoms with Crippen molar-refractivity contribution in [3.63, 3.8) is 0 Å². The Bertz CT molecular complexity index is 404. The van der Waals surface area contributed by atoms with Gasteiger partial charge in [-0.05, 0) is 24.6 Å². The number of benzene rings is 1. The van der Waals surface area contributed by atoms with Gasteiger partial charge in [-0.1, -0.05) is 6.07 Å². The molecule has 0 N–H and O–H groups in total. The number of ether oxygens (including phenoxy) is 1. The average molecular weight is 191 g/mol. The van der Waals surface area contributed by atoms with Crippen molar-refractivity contribution in [1.82, 2.24) is 0 Å². The zero-order valence-corrected chi connectivity index (χ0v) is 8.04. The van der Waals surface area contributed by atoms with Crippen LogP contribution in [0.3, 0.4) is 0 Å². The molecule has 2 nitrogen and oxygen atoms in total. The number of nitriles is 1. The second kappa shape index (κ2) is 4.43. The van der Waals surface area contributed by atoms with Gasteiger partial charge < -0.3 is 4.74 Å². The minimum absolute atomic E-state index is 0.344. The lowest BCUT2D eigenvalue weighted by Gasteiger charge is -2.08. The van der Waals surface area contributed by atoms with Gasteiger partial charge in [0.15, 0.2) is 0 Å². The molecule has 0 aliphatic heterocycles. The summed E-state index contributed by atoms with van der Waals surface area (Å²) in [5.41, 5.74) is 0.902. The van der Waals surface area contributed by atoms with E-state index in [1.54, 1.807) is 19.1 Å². The van der Waals surface area contributed by atoms with Crippen LogP contribution >= 0.6 is 0 Å². The van der Waals surface area contributed by atoms with Crippen LogP contribution in [-0.2, 0) is 0 Å². The lowest BCUT2D eigenvalue weighted by Crippen LogP contribution is -1.93. The summed E-state index contributed by atoms with van der Waals surface area (Å²) in [5.74, 6) is 0.0577. The maximum Gasteiger partial charge on any atom is 0.134 e. The third-order valence-corrected chi connectivity index (χ3v) is 1.87. The van der Waals surface area contributed by atoms with Crippen molar-refractivity contribution < 1.29 is 9.13 Å². The van der Waals surface area contributed by atoms with Crippen LogP contribution in [0.15, 0.2) is 24.3 Å². The first-order chi connectivity index (χ1) is 6.70. The molecule has 0 aliphatic rings. The fourth-order valence-corrected chi connectivity index (χ4v) is 1.23. The van der Waals surface area contributed by atoms with E-state index in [-0.39, 0.29) is 5.82 Å². The molecule has 72 valence electrons. The van der Waals surface area contributed by atoms with Gasteiger partial charge in [-0.15, -0.1) is 0 Å². The highest BCUT2D eigenvalue weighted by atomic mass is 19.1. The third-order valence-electron chi connectivity index (χ3n) is 1.87. The molecular weight excluding hydrogens is 181 g/mol. The largest absolute Gasteiger partial charge is 0.496 e. The average Bonchev–Trinajstić information content (AvgIpc) is 2.17. The number of hydrogen-bond acceptors (Lipinski definition) is 2. The zero-order chi connectivity index (χ0) is 10.6. The molecular formula is C11H10FNO. The van der Waals surface area contributed by atoms with E-state index in [1.165, 1.54) is 19.3 Å². The molecule has 0 atom stereocenters. The highest BCUT2D eigenvalue weighted by Gasteiger charge is 2.09. The zero-order valence-electron chi connectivity index (χ0n) is 8.04. The predicted octanol–water partition coefficient (Wildman–Crippen LogP) is 2.76. The van der Waals surface area contributed by atoms with Crippen molar-refractivity contribution in [3.05, 3.63) is 35.7 Å². The molecule has 1 rings (SSSR count). The van der Waals surface area contributed by atoms with Gasteiger partial charge in [-0.25, -0.2) is 4.39 Å². The Morgan fingerprint density at radius 1 is 1.57 bits per heavy atom. The number of nitrogens with zero attached hydrogens (tertiary/aromatic N) is 1. The van der Waals surface area contributed by atoms with Gasteiger partial charge in [-0.3, -0.25) is 0 Å². The van der Waals surface area contributed by atoms with Gasteiger partial charge in [0, 0.05) is 6.08 Å². The van der Waals surface area contributed by atoms with Crippen LogP contribution in [0.5, 0.6) is 5.75 Å². The second-order valence-corrected chi connectivity index (χ2v) is 2.77. The molecule has 3 heteroatoms. The lowest BCUT2D eigenvalue weighted by molar-refractivity contribution is 0.409. The number of allylic oxidation sites excluding steroid dienone is 2. The molecule has 0 fully saturated rings. The molecule has 0 saturated carbocycles. The highest BCUT2D eigenvalue weighted by molar-refractivity contribution is 5.71. The van der Waals surface area contributed by atoms with Crippen LogP contribution in [0.2, 0.25) is 0 Å². The Kier molecular flexibility index (Phi) is 3.24. The Balaban J connectivity index is 3.32.